The van der Waals surface area contributed by atoms with Gasteiger partial charge in [0.15, 0.2) is 0 Å². The van der Waals surface area contributed by atoms with E-state index in [4.69, 9.17) is 5.11 Å². The van der Waals surface area contributed by atoms with Crippen molar-refractivity contribution in [2.45, 2.75) is 33.2 Å². The lowest BCUT2D eigenvalue weighted by molar-refractivity contribution is -0.151. The second-order valence-electron chi connectivity index (χ2n) is 5.33. The Morgan fingerprint density at radius 1 is 1.37 bits per heavy atom. The minimum absolute atomic E-state index is 0.0196. The molecule has 0 bridgehead atoms. The highest BCUT2D eigenvalue weighted by Crippen LogP contribution is 2.25. The Labute approximate surface area is 113 Å². The Bertz CT molecular complexity index is 457. The highest BCUT2D eigenvalue weighted by Gasteiger charge is 2.32. The van der Waals surface area contributed by atoms with Gasteiger partial charge in [-0.1, -0.05) is 0 Å². The minimum atomic E-state index is -1.05. The van der Waals surface area contributed by atoms with Crippen LogP contribution in [0.4, 0.5) is 0 Å². The fraction of sp³-hybridized carbons (Fsp3) is 0.500. The predicted octanol–water partition coefficient (Wildman–Crippen LogP) is 2.10. The van der Waals surface area contributed by atoms with Crippen molar-refractivity contribution in [1.82, 2.24) is 9.88 Å². The number of carboxylic acids is 1. The van der Waals surface area contributed by atoms with Crippen LogP contribution < -0.4 is 0 Å². The Morgan fingerprint density at radius 3 is 2.37 bits per heavy atom. The first-order valence-electron chi connectivity index (χ1n) is 6.14. The van der Waals surface area contributed by atoms with Gasteiger partial charge in [-0.05, 0) is 38.5 Å². The second-order valence-corrected chi connectivity index (χ2v) is 5.33. The topological polar surface area (TPSA) is 70.5 Å². The van der Waals surface area contributed by atoms with Gasteiger partial charge in [-0.3, -0.25) is 14.6 Å². The standard InChI is InChI=1S/C14H20N2O3/c1-10(11-5-7-15-8-6-11)16(4)12(17)9-14(2,3)13(18)19/h5-8,10H,9H2,1-4H3,(H,18,19). The second kappa shape index (κ2) is 5.82. The normalized spacial score (nSPS) is 12.8. The quantitative estimate of drug-likeness (QED) is 0.884. The SMILES string of the molecule is CC(c1ccncc1)N(C)C(=O)CC(C)(C)C(=O)O. The summed E-state index contributed by atoms with van der Waals surface area (Å²) in [4.78, 5) is 28.7. The lowest BCUT2D eigenvalue weighted by atomic mass is 9.88. The summed E-state index contributed by atoms with van der Waals surface area (Å²) in [5.74, 6) is -1.15. The van der Waals surface area contributed by atoms with E-state index in [1.807, 2.05) is 19.1 Å². The molecule has 1 N–H and O–H groups in total. The molecule has 1 atom stereocenters. The lowest BCUT2D eigenvalue weighted by Gasteiger charge is -2.28. The molecule has 0 aliphatic heterocycles. The van der Waals surface area contributed by atoms with Crippen molar-refractivity contribution in [3.8, 4) is 0 Å². The summed E-state index contributed by atoms with van der Waals surface area (Å²) in [6.45, 7) is 5.01. The van der Waals surface area contributed by atoms with Crippen LogP contribution in [0.1, 0.15) is 38.8 Å². The summed E-state index contributed by atoms with van der Waals surface area (Å²) in [6.07, 6.45) is 3.32. The van der Waals surface area contributed by atoms with Crippen molar-refractivity contribution in [3.05, 3.63) is 30.1 Å². The Morgan fingerprint density at radius 2 is 1.89 bits per heavy atom. The van der Waals surface area contributed by atoms with E-state index in [1.54, 1.807) is 38.2 Å². The molecule has 5 heteroatoms. The number of aromatic nitrogens is 1. The van der Waals surface area contributed by atoms with Crippen LogP contribution in [-0.2, 0) is 9.59 Å². The number of carbonyl (C=O) groups is 2. The Balaban J connectivity index is 2.75. The van der Waals surface area contributed by atoms with Crippen molar-refractivity contribution in [2.75, 3.05) is 7.05 Å². The van der Waals surface area contributed by atoms with E-state index in [1.165, 1.54) is 0 Å². The molecule has 0 aliphatic rings. The molecule has 5 nitrogen and oxygen atoms in total. The highest BCUT2D eigenvalue weighted by molar-refractivity contribution is 5.84. The number of amides is 1. The maximum Gasteiger partial charge on any atom is 0.309 e. The van der Waals surface area contributed by atoms with Gasteiger partial charge in [0.1, 0.15) is 0 Å². The van der Waals surface area contributed by atoms with Crippen LogP contribution in [0.2, 0.25) is 0 Å². The molecule has 1 aromatic rings. The van der Waals surface area contributed by atoms with Crippen LogP contribution in [0.5, 0.6) is 0 Å². The molecule has 104 valence electrons. The summed E-state index contributed by atoms with van der Waals surface area (Å²) in [5.41, 5.74) is -0.0810. The van der Waals surface area contributed by atoms with Gasteiger partial charge in [0.2, 0.25) is 5.91 Å². The number of hydrogen-bond donors (Lipinski definition) is 1. The number of hydrogen-bond acceptors (Lipinski definition) is 3. The molecule has 1 aromatic heterocycles. The fourth-order valence-corrected chi connectivity index (χ4v) is 1.66. The number of aliphatic carboxylic acids is 1. The van der Waals surface area contributed by atoms with Crippen LogP contribution >= 0.6 is 0 Å². The molecule has 1 amide bonds. The first-order valence-corrected chi connectivity index (χ1v) is 6.14. The van der Waals surface area contributed by atoms with Gasteiger partial charge in [-0.15, -0.1) is 0 Å². The maximum absolute atomic E-state index is 12.1. The zero-order valence-corrected chi connectivity index (χ0v) is 11.8. The summed E-state index contributed by atoms with van der Waals surface area (Å²) in [5, 5.41) is 9.05. The van der Waals surface area contributed by atoms with E-state index in [0.717, 1.165) is 5.56 Å². The molecule has 1 heterocycles. The molecule has 0 aromatic carbocycles. The third kappa shape index (κ3) is 3.77. The van der Waals surface area contributed by atoms with Gasteiger partial charge in [-0.2, -0.15) is 0 Å². The number of nitrogens with zero attached hydrogens (tertiary/aromatic N) is 2. The Kier molecular flexibility index (Phi) is 4.64. The number of carboxylic acid groups (broad SMARTS) is 1. The molecular formula is C14H20N2O3. The first-order chi connectivity index (χ1) is 8.75. The van der Waals surface area contributed by atoms with Crippen molar-refractivity contribution < 1.29 is 14.7 Å². The van der Waals surface area contributed by atoms with E-state index in [2.05, 4.69) is 4.98 Å². The third-order valence-electron chi connectivity index (χ3n) is 3.33. The molecular weight excluding hydrogens is 244 g/mol. The van der Waals surface area contributed by atoms with E-state index in [-0.39, 0.29) is 18.4 Å². The van der Waals surface area contributed by atoms with E-state index >= 15 is 0 Å². The van der Waals surface area contributed by atoms with Crippen molar-refractivity contribution in [1.29, 1.82) is 0 Å². The minimum Gasteiger partial charge on any atom is -0.481 e. The maximum atomic E-state index is 12.1. The lowest BCUT2D eigenvalue weighted by Crippen LogP contribution is -2.36. The monoisotopic (exact) mass is 264 g/mol. The number of carbonyl (C=O) groups excluding carboxylic acids is 1. The van der Waals surface area contributed by atoms with Crippen LogP contribution in [-0.4, -0.2) is 33.9 Å². The van der Waals surface area contributed by atoms with Crippen LogP contribution in [0, 0.1) is 5.41 Å². The van der Waals surface area contributed by atoms with Gasteiger partial charge < -0.3 is 10.0 Å². The highest BCUT2D eigenvalue weighted by atomic mass is 16.4. The van der Waals surface area contributed by atoms with Crippen LogP contribution in [0.3, 0.4) is 0 Å². The summed E-state index contributed by atoms with van der Waals surface area (Å²) in [6, 6.07) is 3.58. The molecule has 0 saturated heterocycles. The van der Waals surface area contributed by atoms with E-state index < -0.39 is 11.4 Å². The van der Waals surface area contributed by atoms with Crippen molar-refractivity contribution in [2.24, 2.45) is 5.41 Å². The molecule has 1 rings (SSSR count). The zero-order valence-electron chi connectivity index (χ0n) is 11.8. The van der Waals surface area contributed by atoms with Crippen molar-refractivity contribution >= 4 is 11.9 Å². The van der Waals surface area contributed by atoms with Crippen LogP contribution in [0.25, 0.3) is 0 Å². The zero-order chi connectivity index (χ0) is 14.6. The van der Waals surface area contributed by atoms with Crippen molar-refractivity contribution in [3.63, 3.8) is 0 Å². The molecule has 0 fully saturated rings. The van der Waals surface area contributed by atoms with Gasteiger partial charge in [0, 0.05) is 25.9 Å². The van der Waals surface area contributed by atoms with Gasteiger partial charge in [-0.25, -0.2) is 0 Å². The molecule has 0 spiro atoms. The molecule has 19 heavy (non-hydrogen) atoms. The molecule has 0 saturated carbocycles. The predicted molar refractivity (Wildman–Crippen MR) is 71.5 cm³/mol. The molecule has 0 radical (unpaired) electrons. The van der Waals surface area contributed by atoms with E-state index in [9.17, 15) is 9.59 Å². The molecule has 1 unspecified atom stereocenters. The smallest absolute Gasteiger partial charge is 0.309 e. The third-order valence-corrected chi connectivity index (χ3v) is 3.33. The van der Waals surface area contributed by atoms with Gasteiger partial charge in [0.25, 0.3) is 0 Å². The summed E-state index contributed by atoms with van der Waals surface area (Å²) < 4.78 is 0. The van der Waals surface area contributed by atoms with Gasteiger partial charge >= 0.3 is 5.97 Å². The average Bonchev–Trinajstić information content (AvgIpc) is 2.37. The largest absolute Gasteiger partial charge is 0.481 e. The summed E-state index contributed by atoms with van der Waals surface area (Å²) >= 11 is 0. The summed E-state index contributed by atoms with van der Waals surface area (Å²) in [7, 11) is 1.69. The molecule has 0 aliphatic carbocycles. The number of pyridine rings is 1. The number of rotatable bonds is 5. The Hall–Kier alpha value is -1.91. The average molecular weight is 264 g/mol. The fourth-order valence-electron chi connectivity index (χ4n) is 1.66. The first kappa shape index (κ1) is 15.1. The van der Waals surface area contributed by atoms with Gasteiger partial charge in [0.05, 0.1) is 11.5 Å². The van der Waals surface area contributed by atoms with E-state index in [0.29, 0.717) is 0 Å². The van der Waals surface area contributed by atoms with Crippen LogP contribution in [0.15, 0.2) is 24.5 Å².